The van der Waals surface area contributed by atoms with E-state index in [1.54, 1.807) is 0 Å². The Bertz CT molecular complexity index is 1180. The fourth-order valence-electron chi connectivity index (χ4n) is 2.85. The van der Waals surface area contributed by atoms with Gasteiger partial charge in [-0.1, -0.05) is 24.3 Å². The second kappa shape index (κ2) is 7.30. The van der Waals surface area contributed by atoms with Crippen molar-refractivity contribution in [2.24, 2.45) is 0 Å². The van der Waals surface area contributed by atoms with E-state index in [1.807, 2.05) is 5.32 Å². The van der Waals surface area contributed by atoms with Crippen LogP contribution in [0.4, 0.5) is 13.2 Å². The molecule has 0 aliphatic rings. The minimum atomic E-state index is -4.62. The first-order valence-corrected chi connectivity index (χ1v) is 8.06. The van der Waals surface area contributed by atoms with Gasteiger partial charge in [0.2, 0.25) is 0 Å². The SMILES string of the molecule is O=C(O)CNC(=O)c1c(O)oc(=O)c2cccc(-c3cccc(C(F)(F)F)c3)c12. The number of benzene rings is 2. The summed E-state index contributed by atoms with van der Waals surface area (Å²) in [5, 5.41) is 20.4. The molecule has 0 saturated heterocycles. The Morgan fingerprint density at radius 1 is 1.10 bits per heavy atom. The van der Waals surface area contributed by atoms with E-state index in [1.165, 1.54) is 24.3 Å². The summed E-state index contributed by atoms with van der Waals surface area (Å²) in [4.78, 5) is 35.2. The molecule has 10 heteroatoms. The highest BCUT2D eigenvalue weighted by Gasteiger charge is 2.31. The molecule has 0 radical (unpaired) electrons. The number of carboxylic acids is 1. The van der Waals surface area contributed by atoms with E-state index in [0.29, 0.717) is 0 Å². The van der Waals surface area contributed by atoms with Crippen molar-refractivity contribution in [3.63, 3.8) is 0 Å². The molecular weight excluding hydrogens is 395 g/mol. The molecule has 7 nitrogen and oxygen atoms in total. The summed E-state index contributed by atoms with van der Waals surface area (Å²) in [6.07, 6.45) is -4.62. The van der Waals surface area contributed by atoms with Gasteiger partial charge in [-0.2, -0.15) is 13.2 Å². The zero-order chi connectivity index (χ0) is 21.3. The molecule has 3 rings (SSSR count). The maximum atomic E-state index is 13.1. The molecular formula is C19H12F3NO6. The number of alkyl halides is 3. The summed E-state index contributed by atoms with van der Waals surface area (Å²) in [5.74, 6) is -3.51. The lowest BCUT2D eigenvalue weighted by Gasteiger charge is -2.13. The highest BCUT2D eigenvalue weighted by atomic mass is 19.4. The Hall–Kier alpha value is -3.82. The van der Waals surface area contributed by atoms with Gasteiger partial charge in [0.15, 0.2) is 0 Å². The van der Waals surface area contributed by atoms with Crippen LogP contribution in [-0.2, 0) is 11.0 Å². The molecule has 3 aromatic rings. The third-order valence-electron chi connectivity index (χ3n) is 4.07. The first kappa shape index (κ1) is 19.9. The van der Waals surface area contributed by atoms with Crippen molar-refractivity contribution < 1.29 is 37.4 Å². The second-order valence-corrected chi connectivity index (χ2v) is 5.95. The van der Waals surface area contributed by atoms with Crippen LogP contribution in [0.5, 0.6) is 5.95 Å². The molecule has 150 valence electrons. The average molecular weight is 407 g/mol. The minimum absolute atomic E-state index is 0.0303. The van der Waals surface area contributed by atoms with E-state index >= 15 is 0 Å². The zero-order valence-electron chi connectivity index (χ0n) is 14.4. The molecule has 0 aliphatic heterocycles. The number of aliphatic carboxylic acids is 1. The molecule has 0 aliphatic carbocycles. The number of nitrogens with one attached hydrogen (secondary N) is 1. The lowest BCUT2D eigenvalue weighted by atomic mass is 9.95. The average Bonchev–Trinajstić information content (AvgIpc) is 2.65. The minimum Gasteiger partial charge on any atom is -0.480 e. The fourth-order valence-corrected chi connectivity index (χ4v) is 2.85. The molecule has 1 amide bonds. The summed E-state index contributed by atoms with van der Waals surface area (Å²) in [6, 6.07) is 8.21. The molecule has 0 bridgehead atoms. The van der Waals surface area contributed by atoms with Gasteiger partial charge in [0.1, 0.15) is 12.1 Å². The summed E-state index contributed by atoms with van der Waals surface area (Å²) < 4.78 is 43.9. The van der Waals surface area contributed by atoms with E-state index in [4.69, 9.17) is 5.11 Å². The number of carboxylic acid groups (broad SMARTS) is 1. The van der Waals surface area contributed by atoms with E-state index in [2.05, 4.69) is 4.42 Å². The highest BCUT2D eigenvalue weighted by Crippen LogP contribution is 2.36. The first-order chi connectivity index (χ1) is 13.6. The monoisotopic (exact) mass is 407 g/mol. The molecule has 29 heavy (non-hydrogen) atoms. The van der Waals surface area contributed by atoms with Crippen LogP contribution in [0.3, 0.4) is 0 Å². The standard InChI is InChI=1S/C19H12F3NO6/c20-19(21,22)10-4-1-3-9(7-10)11-5-2-6-12-14(11)15(18(28)29-17(12)27)16(26)23-8-13(24)25/h1-7,28H,8H2,(H,23,26)(H,24,25). The Labute approximate surface area is 160 Å². The van der Waals surface area contributed by atoms with Crippen molar-refractivity contribution in [3.05, 3.63) is 64.0 Å². The highest BCUT2D eigenvalue weighted by molar-refractivity contribution is 6.13. The molecule has 1 aromatic heterocycles. The van der Waals surface area contributed by atoms with Crippen molar-refractivity contribution in [2.45, 2.75) is 6.18 Å². The number of hydrogen-bond donors (Lipinski definition) is 3. The second-order valence-electron chi connectivity index (χ2n) is 5.95. The van der Waals surface area contributed by atoms with Crippen LogP contribution in [-0.4, -0.2) is 28.6 Å². The van der Waals surface area contributed by atoms with Gasteiger partial charge in [0.25, 0.3) is 11.9 Å². The largest absolute Gasteiger partial charge is 0.480 e. The van der Waals surface area contributed by atoms with Gasteiger partial charge < -0.3 is 19.9 Å². The molecule has 0 atom stereocenters. The zero-order valence-corrected chi connectivity index (χ0v) is 14.4. The van der Waals surface area contributed by atoms with Crippen LogP contribution in [0.2, 0.25) is 0 Å². The number of aromatic hydroxyl groups is 1. The fraction of sp³-hybridized carbons (Fsp3) is 0.105. The van der Waals surface area contributed by atoms with Crippen molar-refractivity contribution in [2.75, 3.05) is 6.54 Å². The van der Waals surface area contributed by atoms with Crippen molar-refractivity contribution in [1.82, 2.24) is 5.32 Å². The Kier molecular flexibility index (Phi) is 5.02. The summed E-state index contributed by atoms with van der Waals surface area (Å²) in [5.41, 5.74) is -2.44. The normalized spacial score (nSPS) is 11.4. The molecule has 1 heterocycles. The lowest BCUT2D eigenvalue weighted by molar-refractivity contribution is -0.137. The molecule has 3 N–H and O–H groups in total. The number of hydrogen-bond acceptors (Lipinski definition) is 5. The Balaban J connectivity index is 2.31. The molecule has 0 unspecified atom stereocenters. The van der Waals surface area contributed by atoms with Crippen molar-refractivity contribution >= 4 is 22.6 Å². The number of carbonyl (C=O) groups is 2. The summed E-state index contributed by atoms with van der Waals surface area (Å²) in [7, 11) is 0. The lowest BCUT2D eigenvalue weighted by Crippen LogP contribution is -2.29. The molecule has 2 aromatic carbocycles. The molecule has 0 saturated carbocycles. The maximum Gasteiger partial charge on any atom is 0.416 e. The topological polar surface area (TPSA) is 117 Å². The quantitative estimate of drug-likeness (QED) is 0.612. The smallest absolute Gasteiger partial charge is 0.416 e. The predicted octanol–water partition coefficient (Wildman–Crippen LogP) is 3.00. The number of carbonyl (C=O) groups excluding carboxylic acids is 1. The Morgan fingerprint density at radius 3 is 2.45 bits per heavy atom. The van der Waals surface area contributed by atoms with Crippen LogP contribution in [0, 0.1) is 0 Å². The van der Waals surface area contributed by atoms with E-state index in [-0.39, 0.29) is 21.9 Å². The van der Waals surface area contributed by atoms with E-state index < -0.39 is 47.3 Å². The van der Waals surface area contributed by atoms with E-state index in [9.17, 15) is 32.7 Å². The van der Waals surface area contributed by atoms with Gasteiger partial charge >= 0.3 is 17.8 Å². The van der Waals surface area contributed by atoms with Gasteiger partial charge in [-0.3, -0.25) is 9.59 Å². The summed E-state index contributed by atoms with van der Waals surface area (Å²) >= 11 is 0. The van der Waals surface area contributed by atoms with Crippen molar-refractivity contribution in [1.29, 1.82) is 0 Å². The van der Waals surface area contributed by atoms with Crippen LogP contribution < -0.4 is 10.9 Å². The number of rotatable bonds is 4. The van der Waals surface area contributed by atoms with Gasteiger partial charge in [0.05, 0.1) is 10.9 Å². The summed E-state index contributed by atoms with van der Waals surface area (Å²) in [6.45, 7) is -0.787. The third kappa shape index (κ3) is 3.91. The van der Waals surface area contributed by atoms with Crippen LogP contribution in [0.1, 0.15) is 15.9 Å². The van der Waals surface area contributed by atoms with Gasteiger partial charge in [-0.25, -0.2) is 4.79 Å². The van der Waals surface area contributed by atoms with Crippen LogP contribution in [0.15, 0.2) is 51.7 Å². The first-order valence-electron chi connectivity index (χ1n) is 8.06. The number of amides is 1. The molecule has 0 fully saturated rings. The third-order valence-corrected chi connectivity index (χ3v) is 4.07. The Morgan fingerprint density at radius 2 is 1.79 bits per heavy atom. The van der Waals surface area contributed by atoms with Gasteiger partial charge in [0, 0.05) is 5.39 Å². The number of halogens is 3. The van der Waals surface area contributed by atoms with E-state index in [0.717, 1.165) is 18.2 Å². The number of fused-ring (bicyclic) bond motifs is 1. The van der Waals surface area contributed by atoms with Gasteiger partial charge in [-0.15, -0.1) is 0 Å². The molecule has 0 spiro atoms. The van der Waals surface area contributed by atoms with Gasteiger partial charge in [-0.05, 0) is 29.3 Å². The van der Waals surface area contributed by atoms with Crippen molar-refractivity contribution in [3.8, 4) is 17.1 Å². The van der Waals surface area contributed by atoms with Crippen LogP contribution in [0.25, 0.3) is 21.9 Å². The predicted molar refractivity (Wildman–Crippen MR) is 94.6 cm³/mol. The maximum absolute atomic E-state index is 13.1. The van der Waals surface area contributed by atoms with Crippen LogP contribution >= 0.6 is 0 Å².